The lowest BCUT2D eigenvalue weighted by molar-refractivity contribution is -0.147. The van der Waals surface area contributed by atoms with Crippen molar-refractivity contribution >= 4 is 11.6 Å². The molecule has 0 N–H and O–H groups in total. The van der Waals surface area contributed by atoms with Gasteiger partial charge in [-0.2, -0.15) is 13.2 Å². The molecule has 122 valence electrons. The molecule has 23 heavy (non-hydrogen) atoms. The van der Waals surface area contributed by atoms with Crippen LogP contribution in [0.15, 0.2) is 29.1 Å². The van der Waals surface area contributed by atoms with Crippen molar-refractivity contribution in [3.63, 3.8) is 0 Å². The summed E-state index contributed by atoms with van der Waals surface area (Å²) < 4.78 is 39.2. The molecule has 1 amide bonds. The van der Waals surface area contributed by atoms with Crippen LogP contribution in [-0.4, -0.2) is 26.8 Å². The van der Waals surface area contributed by atoms with Crippen LogP contribution in [-0.2, 0) is 31.0 Å². The van der Waals surface area contributed by atoms with E-state index >= 15 is 0 Å². The number of benzene rings is 1. The van der Waals surface area contributed by atoms with Crippen LogP contribution in [0, 0.1) is 0 Å². The van der Waals surface area contributed by atoms with Gasteiger partial charge in [-0.25, -0.2) is 9.48 Å². The van der Waals surface area contributed by atoms with Gasteiger partial charge < -0.3 is 4.90 Å². The fourth-order valence-corrected chi connectivity index (χ4v) is 2.65. The Hall–Kier alpha value is -2.58. The van der Waals surface area contributed by atoms with E-state index in [4.69, 9.17) is 0 Å². The summed E-state index contributed by atoms with van der Waals surface area (Å²) in [6, 6.07) is 7.28. The van der Waals surface area contributed by atoms with Crippen LogP contribution in [0.25, 0.3) is 0 Å². The Bertz CT molecular complexity index is 822. The van der Waals surface area contributed by atoms with Crippen LogP contribution in [0.1, 0.15) is 11.4 Å². The maximum Gasteiger partial charge on any atom is 0.451 e. The van der Waals surface area contributed by atoms with Crippen molar-refractivity contribution in [3.05, 3.63) is 46.1 Å². The van der Waals surface area contributed by atoms with E-state index in [1.807, 2.05) is 12.1 Å². The van der Waals surface area contributed by atoms with Gasteiger partial charge in [-0.05, 0) is 18.1 Å². The van der Waals surface area contributed by atoms with Crippen molar-refractivity contribution in [2.75, 3.05) is 11.4 Å². The molecule has 0 atom stereocenters. The predicted octanol–water partition coefficient (Wildman–Crippen LogP) is 1.19. The van der Waals surface area contributed by atoms with Crippen molar-refractivity contribution in [3.8, 4) is 0 Å². The topological polar surface area (TPSA) is 60.1 Å². The molecule has 0 bridgehead atoms. The second-order valence-electron chi connectivity index (χ2n) is 5.24. The van der Waals surface area contributed by atoms with Crippen LogP contribution in [0.2, 0.25) is 0 Å². The minimum atomic E-state index is -4.75. The maximum atomic E-state index is 12.7. The van der Waals surface area contributed by atoms with Crippen LogP contribution >= 0.6 is 0 Å². The molecule has 1 aliphatic rings. The Balaban J connectivity index is 1.87. The molecule has 9 heteroatoms. The van der Waals surface area contributed by atoms with Gasteiger partial charge in [0.2, 0.25) is 11.7 Å². The number of anilines is 1. The van der Waals surface area contributed by atoms with E-state index in [9.17, 15) is 22.8 Å². The van der Waals surface area contributed by atoms with E-state index < -0.39 is 30.1 Å². The molecule has 6 nitrogen and oxygen atoms in total. The van der Waals surface area contributed by atoms with Crippen LogP contribution < -0.4 is 10.6 Å². The summed E-state index contributed by atoms with van der Waals surface area (Å²) in [5.74, 6) is -1.79. The summed E-state index contributed by atoms with van der Waals surface area (Å²) in [5.41, 5.74) is 0.737. The van der Waals surface area contributed by atoms with Crippen LogP contribution in [0.3, 0.4) is 0 Å². The zero-order valence-corrected chi connectivity index (χ0v) is 12.2. The molecule has 2 aromatic rings. The number of halogens is 3. The first-order chi connectivity index (χ1) is 10.8. The smallest absolute Gasteiger partial charge is 0.310 e. The van der Waals surface area contributed by atoms with E-state index in [1.54, 1.807) is 12.1 Å². The van der Waals surface area contributed by atoms with Crippen molar-refractivity contribution in [2.24, 2.45) is 7.05 Å². The first-order valence-corrected chi connectivity index (χ1v) is 6.88. The normalized spacial score (nSPS) is 14.2. The summed E-state index contributed by atoms with van der Waals surface area (Å²) in [5, 5.41) is 3.24. The summed E-state index contributed by atoms with van der Waals surface area (Å²) >= 11 is 0. The molecule has 0 unspecified atom stereocenters. The predicted molar refractivity (Wildman–Crippen MR) is 75.0 cm³/mol. The molecule has 1 aromatic carbocycles. The van der Waals surface area contributed by atoms with Crippen molar-refractivity contribution in [1.82, 2.24) is 14.3 Å². The van der Waals surface area contributed by atoms with E-state index in [-0.39, 0.29) is 0 Å². The molecule has 0 aliphatic carbocycles. The highest BCUT2D eigenvalue weighted by Crippen LogP contribution is 2.28. The Morgan fingerprint density at radius 1 is 1.30 bits per heavy atom. The largest absolute Gasteiger partial charge is 0.451 e. The maximum absolute atomic E-state index is 12.7. The SMILES string of the molecule is Cn1c(C(F)(F)F)nn(CC(=O)N2CCc3ccccc32)c1=O. The fourth-order valence-electron chi connectivity index (χ4n) is 2.65. The first kappa shape index (κ1) is 15.3. The molecular formula is C14H13F3N4O2. The monoisotopic (exact) mass is 326 g/mol. The lowest BCUT2D eigenvalue weighted by atomic mass is 10.2. The number of para-hydroxylation sites is 1. The highest BCUT2D eigenvalue weighted by Gasteiger charge is 2.38. The molecule has 1 aliphatic heterocycles. The zero-order chi connectivity index (χ0) is 16.8. The molecule has 3 rings (SSSR count). The number of amides is 1. The number of alkyl halides is 3. The van der Waals surface area contributed by atoms with E-state index in [0.717, 1.165) is 18.3 Å². The van der Waals surface area contributed by atoms with Gasteiger partial charge >= 0.3 is 11.9 Å². The molecule has 0 fully saturated rings. The Morgan fingerprint density at radius 3 is 2.65 bits per heavy atom. The van der Waals surface area contributed by atoms with Gasteiger partial charge in [-0.1, -0.05) is 18.2 Å². The summed E-state index contributed by atoms with van der Waals surface area (Å²) in [4.78, 5) is 25.6. The van der Waals surface area contributed by atoms with Gasteiger partial charge in [-0.3, -0.25) is 9.36 Å². The fraction of sp³-hybridized carbons (Fsp3) is 0.357. The molecule has 0 spiro atoms. The number of fused-ring (bicyclic) bond motifs is 1. The number of rotatable bonds is 2. The lowest BCUT2D eigenvalue weighted by Crippen LogP contribution is -2.36. The van der Waals surface area contributed by atoms with Gasteiger partial charge in [0.25, 0.3) is 0 Å². The molecule has 0 saturated carbocycles. The number of hydrogen-bond acceptors (Lipinski definition) is 3. The number of hydrogen-bond donors (Lipinski definition) is 0. The van der Waals surface area contributed by atoms with Crippen molar-refractivity contribution in [1.29, 1.82) is 0 Å². The Morgan fingerprint density at radius 2 is 2.00 bits per heavy atom. The molecular weight excluding hydrogens is 313 g/mol. The van der Waals surface area contributed by atoms with Gasteiger partial charge in [0, 0.05) is 19.3 Å². The number of carbonyl (C=O) groups is 1. The second-order valence-corrected chi connectivity index (χ2v) is 5.24. The average molecular weight is 326 g/mol. The van der Waals surface area contributed by atoms with Crippen molar-refractivity contribution < 1.29 is 18.0 Å². The Labute approximate surface area is 128 Å². The second kappa shape index (κ2) is 5.25. The number of carbonyl (C=O) groups excluding carboxylic acids is 1. The minimum absolute atomic E-state index is 0.394. The minimum Gasteiger partial charge on any atom is -0.310 e. The van der Waals surface area contributed by atoms with E-state index in [2.05, 4.69) is 5.10 Å². The summed E-state index contributed by atoms with van der Waals surface area (Å²) in [6.07, 6.45) is -4.07. The molecule has 2 heterocycles. The number of aromatic nitrogens is 3. The standard InChI is InChI=1S/C14H13F3N4O2/c1-19-12(14(15,16)17)18-21(13(19)23)8-11(22)20-7-6-9-4-2-3-5-10(9)20/h2-5H,6-8H2,1H3. The highest BCUT2D eigenvalue weighted by atomic mass is 19.4. The molecule has 0 saturated heterocycles. The highest BCUT2D eigenvalue weighted by molar-refractivity contribution is 5.95. The summed E-state index contributed by atoms with van der Waals surface area (Å²) in [7, 11) is 0.976. The van der Waals surface area contributed by atoms with Gasteiger partial charge in [-0.15, -0.1) is 5.10 Å². The van der Waals surface area contributed by atoms with Crippen molar-refractivity contribution in [2.45, 2.75) is 19.1 Å². The first-order valence-electron chi connectivity index (χ1n) is 6.88. The van der Waals surface area contributed by atoms with Gasteiger partial charge in [0.15, 0.2) is 0 Å². The molecule has 1 aromatic heterocycles. The van der Waals surface area contributed by atoms with Crippen LogP contribution in [0.5, 0.6) is 0 Å². The van der Waals surface area contributed by atoms with Crippen LogP contribution in [0.4, 0.5) is 18.9 Å². The number of nitrogens with zero attached hydrogens (tertiary/aromatic N) is 4. The lowest BCUT2D eigenvalue weighted by Gasteiger charge is -2.16. The Kier molecular flexibility index (Phi) is 3.50. The quantitative estimate of drug-likeness (QED) is 0.833. The average Bonchev–Trinajstić information content (AvgIpc) is 3.03. The third-order valence-electron chi connectivity index (χ3n) is 3.77. The third-order valence-corrected chi connectivity index (χ3v) is 3.77. The van der Waals surface area contributed by atoms with E-state index in [1.165, 1.54) is 4.90 Å². The summed E-state index contributed by atoms with van der Waals surface area (Å²) in [6.45, 7) is -0.0943. The van der Waals surface area contributed by atoms with E-state index in [0.29, 0.717) is 22.2 Å². The molecule has 0 radical (unpaired) electrons. The zero-order valence-electron chi connectivity index (χ0n) is 12.2. The third kappa shape index (κ3) is 2.62. The van der Waals surface area contributed by atoms with Gasteiger partial charge in [0.1, 0.15) is 6.54 Å². The van der Waals surface area contributed by atoms with Gasteiger partial charge in [0.05, 0.1) is 0 Å².